The number of pyridine rings is 1. The first-order valence-electron chi connectivity index (χ1n) is 8.49. The standard InChI is InChI=1S/C21H15ClN2O3S/c1-27-16-8-6-13(7-9-16)10-18-20(25)24(21(26)28-18)12-15-11-14-4-2-3-5-17(14)23-19(15)22/h2-11H,12H2,1H3/b18-10-. The van der Waals surface area contributed by atoms with Gasteiger partial charge in [-0.25, -0.2) is 4.98 Å². The van der Waals surface area contributed by atoms with Crippen molar-refractivity contribution in [1.82, 2.24) is 9.88 Å². The zero-order valence-electron chi connectivity index (χ0n) is 14.9. The van der Waals surface area contributed by atoms with E-state index in [4.69, 9.17) is 16.3 Å². The van der Waals surface area contributed by atoms with Crippen LogP contribution >= 0.6 is 23.4 Å². The molecule has 0 bridgehead atoms. The minimum absolute atomic E-state index is 0.0846. The van der Waals surface area contributed by atoms with Crippen LogP contribution in [0, 0.1) is 0 Å². The van der Waals surface area contributed by atoms with Crippen molar-refractivity contribution < 1.29 is 14.3 Å². The van der Waals surface area contributed by atoms with Gasteiger partial charge in [-0.1, -0.05) is 41.9 Å². The summed E-state index contributed by atoms with van der Waals surface area (Å²) >= 11 is 7.20. The molecule has 0 spiro atoms. The van der Waals surface area contributed by atoms with Gasteiger partial charge in [-0.05, 0) is 47.7 Å². The number of rotatable bonds is 4. The number of imide groups is 1. The molecule has 1 saturated heterocycles. The largest absolute Gasteiger partial charge is 0.497 e. The molecule has 2 heterocycles. The predicted octanol–water partition coefficient (Wildman–Crippen LogP) is 5.13. The number of benzene rings is 2. The summed E-state index contributed by atoms with van der Waals surface area (Å²) in [5.74, 6) is 0.388. The van der Waals surface area contributed by atoms with Gasteiger partial charge >= 0.3 is 0 Å². The van der Waals surface area contributed by atoms with Crippen molar-refractivity contribution in [1.29, 1.82) is 0 Å². The molecule has 1 fully saturated rings. The van der Waals surface area contributed by atoms with Gasteiger partial charge in [-0.3, -0.25) is 14.5 Å². The SMILES string of the molecule is COc1ccc(/C=C2\SC(=O)N(Cc3cc4ccccc4nc3Cl)C2=O)cc1. The third kappa shape index (κ3) is 3.61. The number of nitrogens with zero attached hydrogens (tertiary/aromatic N) is 2. The van der Waals surface area contributed by atoms with Gasteiger partial charge in [-0.15, -0.1) is 0 Å². The van der Waals surface area contributed by atoms with Crippen LogP contribution in [0.3, 0.4) is 0 Å². The second kappa shape index (κ2) is 7.66. The maximum atomic E-state index is 12.8. The number of carbonyl (C=O) groups is 2. The van der Waals surface area contributed by atoms with Crippen molar-refractivity contribution in [2.45, 2.75) is 6.54 Å². The monoisotopic (exact) mass is 410 g/mol. The van der Waals surface area contributed by atoms with E-state index in [1.807, 2.05) is 42.5 Å². The molecule has 28 heavy (non-hydrogen) atoms. The lowest BCUT2D eigenvalue weighted by Gasteiger charge is -2.14. The molecule has 0 unspecified atom stereocenters. The van der Waals surface area contributed by atoms with Gasteiger partial charge in [0.1, 0.15) is 10.9 Å². The van der Waals surface area contributed by atoms with Gasteiger partial charge in [0.05, 0.1) is 24.1 Å². The normalized spacial score (nSPS) is 15.6. The lowest BCUT2D eigenvalue weighted by atomic mass is 10.1. The van der Waals surface area contributed by atoms with Crippen molar-refractivity contribution in [3.63, 3.8) is 0 Å². The first-order valence-corrected chi connectivity index (χ1v) is 9.68. The van der Waals surface area contributed by atoms with Crippen LogP contribution < -0.4 is 4.74 Å². The van der Waals surface area contributed by atoms with Gasteiger partial charge in [0, 0.05) is 10.9 Å². The van der Waals surface area contributed by atoms with E-state index >= 15 is 0 Å². The Balaban J connectivity index is 1.59. The molecule has 140 valence electrons. The Morgan fingerprint density at radius 3 is 2.64 bits per heavy atom. The number of thioether (sulfide) groups is 1. The quantitative estimate of drug-likeness (QED) is 0.440. The number of para-hydroxylation sites is 1. The summed E-state index contributed by atoms with van der Waals surface area (Å²) in [5.41, 5.74) is 2.22. The van der Waals surface area contributed by atoms with Crippen molar-refractivity contribution in [2.24, 2.45) is 0 Å². The van der Waals surface area contributed by atoms with Crippen molar-refractivity contribution in [3.05, 3.63) is 75.8 Å². The smallest absolute Gasteiger partial charge is 0.293 e. The first kappa shape index (κ1) is 18.5. The zero-order chi connectivity index (χ0) is 19.7. The Kier molecular flexibility index (Phi) is 5.07. The Hall–Kier alpha value is -2.83. The van der Waals surface area contributed by atoms with Crippen molar-refractivity contribution in [3.8, 4) is 5.75 Å². The number of fused-ring (bicyclic) bond motifs is 1. The number of aromatic nitrogens is 1. The Labute approximate surface area is 171 Å². The van der Waals surface area contributed by atoms with Gasteiger partial charge in [0.15, 0.2) is 0 Å². The number of amides is 2. The number of ether oxygens (including phenoxy) is 1. The topological polar surface area (TPSA) is 59.5 Å². The van der Waals surface area contributed by atoms with E-state index in [0.29, 0.717) is 10.5 Å². The molecule has 0 aliphatic carbocycles. The third-order valence-corrected chi connectivity index (χ3v) is 5.60. The number of methoxy groups -OCH3 is 1. The van der Waals surface area contributed by atoms with E-state index < -0.39 is 0 Å². The van der Waals surface area contributed by atoms with Crippen LogP contribution in [0.2, 0.25) is 5.15 Å². The molecule has 1 aliphatic rings. The summed E-state index contributed by atoms with van der Waals surface area (Å²) in [6, 6.07) is 16.7. The van der Waals surface area contributed by atoms with E-state index in [1.54, 1.807) is 25.3 Å². The van der Waals surface area contributed by atoms with E-state index in [9.17, 15) is 9.59 Å². The Bertz CT molecular complexity index is 1110. The summed E-state index contributed by atoms with van der Waals surface area (Å²) in [6.07, 6.45) is 1.70. The lowest BCUT2D eigenvalue weighted by Crippen LogP contribution is -2.27. The number of halogens is 1. The highest BCUT2D eigenvalue weighted by molar-refractivity contribution is 8.18. The molecule has 4 rings (SSSR count). The first-order chi connectivity index (χ1) is 13.5. The van der Waals surface area contributed by atoms with Gasteiger partial charge in [0.25, 0.3) is 11.1 Å². The van der Waals surface area contributed by atoms with E-state index in [2.05, 4.69) is 4.98 Å². The summed E-state index contributed by atoms with van der Waals surface area (Å²) < 4.78 is 5.13. The Morgan fingerprint density at radius 1 is 1.14 bits per heavy atom. The number of hydrogen-bond donors (Lipinski definition) is 0. The fourth-order valence-electron chi connectivity index (χ4n) is 2.91. The number of hydrogen-bond acceptors (Lipinski definition) is 5. The molecule has 2 aromatic carbocycles. The molecule has 0 saturated carbocycles. The molecule has 0 N–H and O–H groups in total. The van der Waals surface area contributed by atoms with Crippen LogP contribution in [0.1, 0.15) is 11.1 Å². The molecule has 1 aromatic heterocycles. The second-order valence-corrected chi connectivity index (χ2v) is 7.52. The minimum atomic E-state index is -0.338. The van der Waals surface area contributed by atoms with Crippen molar-refractivity contribution >= 4 is 51.5 Å². The van der Waals surface area contributed by atoms with Gasteiger partial charge in [0.2, 0.25) is 0 Å². The average molecular weight is 411 g/mol. The van der Waals surface area contributed by atoms with Gasteiger partial charge < -0.3 is 4.74 Å². The molecular formula is C21H15ClN2O3S. The van der Waals surface area contributed by atoms with Crippen molar-refractivity contribution in [2.75, 3.05) is 7.11 Å². The fourth-order valence-corrected chi connectivity index (χ4v) is 3.95. The summed E-state index contributed by atoms with van der Waals surface area (Å²) in [6.45, 7) is 0.0846. The molecular weight excluding hydrogens is 396 g/mol. The molecule has 2 amide bonds. The highest BCUT2D eigenvalue weighted by Gasteiger charge is 2.35. The van der Waals surface area contributed by atoms with E-state index in [1.165, 1.54) is 4.90 Å². The van der Waals surface area contributed by atoms with Crippen LogP contribution in [0.4, 0.5) is 4.79 Å². The Morgan fingerprint density at radius 2 is 1.89 bits per heavy atom. The molecule has 0 radical (unpaired) electrons. The fraction of sp³-hybridized carbons (Fsp3) is 0.0952. The number of carbonyl (C=O) groups excluding carboxylic acids is 2. The van der Waals surface area contributed by atoms with Crippen LogP contribution in [-0.2, 0) is 11.3 Å². The predicted molar refractivity (Wildman–Crippen MR) is 111 cm³/mol. The highest BCUT2D eigenvalue weighted by atomic mass is 35.5. The van der Waals surface area contributed by atoms with Crippen LogP contribution in [0.5, 0.6) is 5.75 Å². The average Bonchev–Trinajstić information content (AvgIpc) is 2.96. The molecule has 5 nitrogen and oxygen atoms in total. The summed E-state index contributed by atoms with van der Waals surface area (Å²) in [4.78, 5) is 31.1. The zero-order valence-corrected chi connectivity index (χ0v) is 16.5. The summed E-state index contributed by atoms with van der Waals surface area (Å²) in [7, 11) is 1.59. The maximum absolute atomic E-state index is 12.8. The van der Waals surface area contributed by atoms with Crippen LogP contribution in [-0.4, -0.2) is 28.1 Å². The van der Waals surface area contributed by atoms with Gasteiger partial charge in [-0.2, -0.15) is 0 Å². The third-order valence-electron chi connectivity index (χ3n) is 4.37. The second-order valence-electron chi connectivity index (χ2n) is 6.17. The maximum Gasteiger partial charge on any atom is 0.293 e. The molecule has 0 atom stereocenters. The minimum Gasteiger partial charge on any atom is -0.497 e. The van der Waals surface area contributed by atoms with Crippen LogP contribution in [0.25, 0.3) is 17.0 Å². The summed E-state index contributed by atoms with van der Waals surface area (Å²) in [5, 5.41) is 0.869. The highest BCUT2D eigenvalue weighted by Crippen LogP contribution is 2.34. The molecule has 3 aromatic rings. The van der Waals surface area contributed by atoms with Crippen LogP contribution in [0.15, 0.2) is 59.5 Å². The molecule has 7 heteroatoms. The molecule has 1 aliphatic heterocycles. The van der Waals surface area contributed by atoms with E-state index in [-0.39, 0.29) is 22.8 Å². The van der Waals surface area contributed by atoms with E-state index in [0.717, 1.165) is 34.0 Å². The lowest BCUT2D eigenvalue weighted by molar-refractivity contribution is -0.123.